The zero-order valence-electron chi connectivity index (χ0n) is 20.3. The number of rotatable bonds is 11. The molecular weight excluding hydrogens is 454 g/mol. The summed E-state index contributed by atoms with van der Waals surface area (Å²) in [5.74, 6) is 1.02. The van der Waals surface area contributed by atoms with E-state index in [1.807, 2.05) is 23.0 Å². The topological polar surface area (TPSA) is 141 Å². The SMILES string of the molecule is Cc1c(C#N)c(NC(=O)CSc2nnc(CCC(N)=O)n2CC(C)C)n(CC2CCCO2)c1C. The van der Waals surface area contributed by atoms with Crippen LogP contribution in [0, 0.1) is 31.1 Å². The van der Waals surface area contributed by atoms with Crippen LogP contribution in [0.5, 0.6) is 0 Å². The highest BCUT2D eigenvalue weighted by molar-refractivity contribution is 7.99. The fourth-order valence-electron chi connectivity index (χ4n) is 4.04. The van der Waals surface area contributed by atoms with Gasteiger partial charge in [0.05, 0.1) is 24.0 Å². The number of hydrogen-bond donors (Lipinski definition) is 2. The van der Waals surface area contributed by atoms with Crippen molar-refractivity contribution in [3.05, 3.63) is 22.6 Å². The van der Waals surface area contributed by atoms with Gasteiger partial charge in [0.15, 0.2) is 5.16 Å². The van der Waals surface area contributed by atoms with Crippen LogP contribution >= 0.6 is 11.8 Å². The molecule has 1 atom stereocenters. The Labute approximate surface area is 204 Å². The van der Waals surface area contributed by atoms with Crippen LogP contribution in [0.4, 0.5) is 5.82 Å². The minimum Gasteiger partial charge on any atom is -0.376 e. The largest absolute Gasteiger partial charge is 0.376 e. The summed E-state index contributed by atoms with van der Waals surface area (Å²) in [6.45, 7) is 10.0. The van der Waals surface area contributed by atoms with Gasteiger partial charge in [0, 0.05) is 31.7 Å². The Balaban J connectivity index is 1.73. The van der Waals surface area contributed by atoms with Crippen LogP contribution in [0.1, 0.15) is 55.8 Å². The average molecular weight is 488 g/mol. The molecule has 3 heterocycles. The van der Waals surface area contributed by atoms with Crippen LogP contribution in [-0.4, -0.2) is 49.6 Å². The Bertz CT molecular complexity index is 1080. The lowest BCUT2D eigenvalue weighted by Gasteiger charge is -2.17. The zero-order valence-corrected chi connectivity index (χ0v) is 21.1. The smallest absolute Gasteiger partial charge is 0.235 e. The van der Waals surface area contributed by atoms with Gasteiger partial charge in [-0.25, -0.2) is 0 Å². The molecule has 0 saturated carbocycles. The van der Waals surface area contributed by atoms with Crippen LogP contribution in [0.25, 0.3) is 0 Å². The number of hydrogen-bond acceptors (Lipinski definition) is 7. The van der Waals surface area contributed by atoms with E-state index in [9.17, 15) is 14.9 Å². The molecule has 0 aliphatic carbocycles. The maximum atomic E-state index is 12.9. The molecule has 1 unspecified atom stereocenters. The van der Waals surface area contributed by atoms with Gasteiger partial charge in [-0.15, -0.1) is 10.2 Å². The number of anilines is 1. The van der Waals surface area contributed by atoms with Crippen molar-refractivity contribution in [2.45, 2.75) is 77.7 Å². The molecule has 1 aliphatic rings. The van der Waals surface area contributed by atoms with Gasteiger partial charge in [-0.3, -0.25) is 9.59 Å². The van der Waals surface area contributed by atoms with E-state index in [0.29, 0.717) is 47.8 Å². The number of nitrogens with two attached hydrogens (primary N) is 1. The second-order valence-corrected chi connectivity index (χ2v) is 9.94. The summed E-state index contributed by atoms with van der Waals surface area (Å²) in [5.41, 5.74) is 7.57. The van der Waals surface area contributed by atoms with E-state index in [1.54, 1.807) is 0 Å². The van der Waals surface area contributed by atoms with Crippen LogP contribution < -0.4 is 11.1 Å². The van der Waals surface area contributed by atoms with Gasteiger partial charge in [-0.1, -0.05) is 25.6 Å². The number of thioether (sulfide) groups is 1. The average Bonchev–Trinajstić information content (AvgIpc) is 3.47. The molecule has 1 fully saturated rings. The molecule has 0 radical (unpaired) electrons. The summed E-state index contributed by atoms with van der Waals surface area (Å²) in [5, 5.41) is 21.7. The molecule has 1 aliphatic heterocycles. The molecule has 3 rings (SSSR count). The lowest BCUT2D eigenvalue weighted by Crippen LogP contribution is -2.22. The molecule has 0 spiro atoms. The predicted molar refractivity (Wildman–Crippen MR) is 129 cm³/mol. The standard InChI is InChI=1S/C23H33N7O3S/c1-14(2)11-30-20(8-7-19(25)31)27-28-23(30)34-13-21(32)26-22-18(10-24)15(3)16(4)29(22)12-17-6-5-9-33-17/h14,17H,5-9,11-13H2,1-4H3,(H2,25,31)(H,26,32). The van der Waals surface area contributed by atoms with E-state index in [1.165, 1.54) is 11.8 Å². The van der Waals surface area contributed by atoms with Gasteiger partial charge in [0.25, 0.3) is 0 Å². The van der Waals surface area contributed by atoms with E-state index in [-0.39, 0.29) is 24.2 Å². The molecule has 3 N–H and O–H groups in total. The van der Waals surface area contributed by atoms with Gasteiger partial charge >= 0.3 is 0 Å². The maximum absolute atomic E-state index is 12.9. The molecule has 10 nitrogen and oxygen atoms in total. The molecule has 184 valence electrons. The van der Waals surface area contributed by atoms with Crippen molar-refractivity contribution in [3.8, 4) is 6.07 Å². The molecule has 2 aromatic rings. The fraction of sp³-hybridized carbons (Fsp3) is 0.609. The lowest BCUT2D eigenvalue weighted by molar-refractivity contribution is -0.118. The molecule has 11 heteroatoms. The molecule has 1 saturated heterocycles. The first kappa shape index (κ1) is 25.8. The summed E-state index contributed by atoms with van der Waals surface area (Å²) in [6, 6.07) is 2.24. The van der Waals surface area contributed by atoms with Crippen LogP contribution in [0.3, 0.4) is 0 Å². The van der Waals surface area contributed by atoms with Crippen molar-refractivity contribution in [1.82, 2.24) is 19.3 Å². The summed E-state index contributed by atoms with van der Waals surface area (Å²) < 4.78 is 9.70. The highest BCUT2D eigenvalue weighted by Gasteiger charge is 2.24. The van der Waals surface area contributed by atoms with Crippen molar-refractivity contribution < 1.29 is 14.3 Å². The molecule has 0 bridgehead atoms. The third-order valence-corrected chi connectivity index (χ3v) is 6.84. The summed E-state index contributed by atoms with van der Waals surface area (Å²) in [6.07, 6.45) is 2.66. The van der Waals surface area contributed by atoms with E-state index >= 15 is 0 Å². The van der Waals surface area contributed by atoms with Gasteiger partial charge < -0.3 is 24.9 Å². The monoisotopic (exact) mass is 487 g/mol. The van der Waals surface area contributed by atoms with Crippen LogP contribution in [-0.2, 0) is 33.8 Å². The van der Waals surface area contributed by atoms with Crippen molar-refractivity contribution >= 4 is 29.4 Å². The Kier molecular flexibility index (Phi) is 8.74. The molecule has 2 aromatic heterocycles. The number of amides is 2. The Morgan fingerprint density at radius 2 is 2.09 bits per heavy atom. The number of primary amides is 1. The summed E-state index contributed by atoms with van der Waals surface area (Å²) in [7, 11) is 0. The van der Waals surface area contributed by atoms with Crippen LogP contribution in [0.15, 0.2) is 5.16 Å². The molecule has 2 amide bonds. The highest BCUT2D eigenvalue weighted by atomic mass is 32.2. The summed E-state index contributed by atoms with van der Waals surface area (Å²) in [4.78, 5) is 24.1. The first-order valence-electron chi connectivity index (χ1n) is 11.6. The molecular formula is C23H33N7O3S. The first-order chi connectivity index (χ1) is 16.2. The number of aryl methyl sites for hydroxylation is 1. The Hall–Kier alpha value is -2.84. The number of nitrogens with zero attached hydrogens (tertiary/aromatic N) is 5. The first-order valence-corrected chi connectivity index (χ1v) is 12.5. The van der Waals surface area contributed by atoms with E-state index in [4.69, 9.17) is 10.5 Å². The fourth-order valence-corrected chi connectivity index (χ4v) is 4.81. The summed E-state index contributed by atoms with van der Waals surface area (Å²) >= 11 is 1.28. The quantitative estimate of drug-likeness (QED) is 0.464. The number of carbonyl (C=O) groups excluding carboxylic acids is 2. The van der Waals surface area contributed by atoms with Gasteiger partial charge in [-0.2, -0.15) is 5.26 Å². The van der Waals surface area contributed by atoms with Gasteiger partial charge in [0.1, 0.15) is 17.7 Å². The van der Waals surface area contributed by atoms with E-state index < -0.39 is 5.91 Å². The third-order valence-electron chi connectivity index (χ3n) is 5.88. The maximum Gasteiger partial charge on any atom is 0.235 e. The predicted octanol–water partition coefficient (Wildman–Crippen LogP) is 2.55. The number of aromatic nitrogens is 4. The highest BCUT2D eigenvalue weighted by Crippen LogP contribution is 2.29. The minimum absolute atomic E-state index is 0.0791. The second kappa shape index (κ2) is 11.5. The number of nitriles is 1. The van der Waals surface area contributed by atoms with E-state index in [2.05, 4.69) is 35.4 Å². The molecule has 34 heavy (non-hydrogen) atoms. The normalized spacial score (nSPS) is 15.6. The zero-order chi connectivity index (χ0) is 24.8. The van der Waals surface area contributed by atoms with Crippen LogP contribution in [0.2, 0.25) is 0 Å². The van der Waals surface area contributed by atoms with Crippen molar-refractivity contribution in [2.24, 2.45) is 11.7 Å². The number of ether oxygens (including phenoxy) is 1. The minimum atomic E-state index is -0.391. The number of carbonyl (C=O) groups is 2. The Morgan fingerprint density at radius 1 is 1.32 bits per heavy atom. The Morgan fingerprint density at radius 3 is 2.71 bits per heavy atom. The second-order valence-electron chi connectivity index (χ2n) is 9.00. The van der Waals surface area contributed by atoms with Gasteiger partial charge in [-0.05, 0) is 38.2 Å². The molecule has 0 aromatic carbocycles. The van der Waals surface area contributed by atoms with E-state index in [0.717, 1.165) is 30.7 Å². The van der Waals surface area contributed by atoms with Crippen molar-refractivity contribution in [3.63, 3.8) is 0 Å². The number of nitrogens with one attached hydrogen (secondary N) is 1. The van der Waals surface area contributed by atoms with Crippen molar-refractivity contribution in [2.75, 3.05) is 17.7 Å². The third kappa shape index (κ3) is 6.18. The lowest BCUT2D eigenvalue weighted by atomic mass is 10.2. The van der Waals surface area contributed by atoms with Gasteiger partial charge in [0.2, 0.25) is 11.8 Å². The van der Waals surface area contributed by atoms with Crippen molar-refractivity contribution in [1.29, 1.82) is 5.26 Å².